The second-order valence-electron chi connectivity index (χ2n) is 9.28. The first-order valence-corrected chi connectivity index (χ1v) is 12.7. The molecule has 1 N–H and O–H groups in total. The minimum absolute atomic E-state index is 0.152. The van der Waals surface area contributed by atoms with Crippen molar-refractivity contribution in [3.63, 3.8) is 0 Å². The Hall–Kier alpha value is -2.05. The second-order valence-corrected chi connectivity index (χ2v) is 11.0. The monoisotopic (exact) mass is 443 g/mol. The summed E-state index contributed by atoms with van der Waals surface area (Å²) in [6, 6.07) is 11.1. The Bertz CT molecular complexity index is 1060. The Morgan fingerprint density at radius 1 is 1.13 bits per heavy atom. The summed E-state index contributed by atoms with van der Waals surface area (Å²) < 4.78 is 42.2. The average Bonchev–Trinajstić information content (AvgIpc) is 2.73. The van der Waals surface area contributed by atoms with E-state index in [1.165, 1.54) is 6.42 Å². The molecule has 0 saturated heterocycles. The lowest BCUT2D eigenvalue weighted by Crippen LogP contribution is -2.46. The number of ether oxygens (including phenoxy) is 2. The summed E-state index contributed by atoms with van der Waals surface area (Å²) in [5.41, 5.74) is 2.21. The predicted molar refractivity (Wildman–Crippen MR) is 122 cm³/mol. The lowest BCUT2D eigenvalue weighted by atomic mass is 9.77. The molecule has 0 radical (unpaired) electrons. The van der Waals surface area contributed by atoms with Gasteiger partial charge in [0.15, 0.2) is 0 Å². The van der Waals surface area contributed by atoms with Crippen molar-refractivity contribution in [1.29, 1.82) is 0 Å². The molecule has 1 atom stereocenters. The van der Waals surface area contributed by atoms with Gasteiger partial charge in [0.05, 0.1) is 18.0 Å². The van der Waals surface area contributed by atoms with Gasteiger partial charge < -0.3 is 9.47 Å². The number of hydrogen-bond donors (Lipinski definition) is 1. The van der Waals surface area contributed by atoms with E-state index >= 15 is 0 Å². The number of methoxy groups -OCH3 is 1. The molecule has 0 unspecified atom stereocenters. The molecule has 0 bridgehead atoms. The predicted octanol–water partition coefficient (Wildman–Crippen LogP) is 5.63. The minimum Gasteiger partial charge on any atom is -0.496 e. The molecule has 5 nitrogen and oxygen atoms in total. The van der Waals surface area contributed by atoms with Crippen LogP contribution < -0.4 is 14.2 Å². The minimum atomic E-state index is -3.73. The van der Waals surface area contributed by atoms with Crippen LogP contribution in [0.15, 0.2) is 41.3 Å². The fourth-order valence-corrected chi connectivity index (χ4v) is 6.55. The quantitative estimate of drug-likeness (QED) is 0.650. The lowest BCUT2D eigenvalue weighted by molar-refractivity contribution is 0.0000750. The first kappa shape index (κ1) is 22.2. The van der Waals surface area contributed by atoms with E-state index < -0.39 is 10.0 Å². The van der Waals surface area contributed by atoms with Crippen LogP contribution in [0.3, 0.4) is 0 Å². The van der Waals surface area contributed by atoms with Crippen molar-refractivity contribution in [2.24, 2.45) is 0 Å². The molecule has 0 aromatic heterocycles. The molecule has 2 aliphatic rings. The van der Waals surface area contributed by atoms with Gasteiger partial charge in [0.1, 0.15) is 17.1 Å². The van der Waals surface area contributed by atoms with Crippen molar-refractivity contribution in [1.82, 2.24) is 4.72 Å². The SMILES string of the molecule is COc1cc(C)c(S(=O)(=O)N[C@@H]2CC3(CCCCC3)Oc3ccccc32)cc1C(C)C. The number of sulfonamides is 1. The summed E-state index contributed by atoms with van der Waals surface area (Å²) in [6.45, 7) is 5.90. The topological polar surface area (TPSA) is 64.6 Å². The van der Waals surface area contributed by atoms with E-state index in [1.54, 1.807) is 13.2 Å². The van der Waals surface area contributed by atoms with E-state index in [4.69, 9.17) is 9.47 Å². The van der Waals surface area contributed by atoms with Crippen LogP contribution in [0.4, 0.5) is 0 Å². The van der Waals surface area contributed by atoms with Crippen molar-refractivity contribution in [3.05, 3.63) is 53.1 Å². The normalized spacial score (nSPS) is 20.4. The van der Waals surface area contributed by atoms with Gasteiger partial charge in [-0.3, -0.25) is 0 Å². The Kier molecular flexibility index (Phi) is 6.05. The number of hydrogen-bond acceptors (Lipinski definition) is 4. The van der Waals surface area contributed by atoms with Crippen molar-refractivity contribution in [2.75, 3.05) is 7.11 Å². The molecule has 1 heterocycles. The lowest BCUT2D eigenvalue weighted by Gasteiger charge is -2.44. The van der Waals surface area contributed by atoms with E-state index in [0.717, 1.165) is 48.3 Å². The summed E-state index contributed by atoms with van der Waals surface area (Å²) in [4.78, 5) is 0.318. The van der Waals surface area contributed by atoms with Crippen LogP contribution in [-0.4, -0.2) is 21.1 Å². The molecule has 31 heavy (non-hydrogen) atoms. The van der Waals surface area contributed by atoms with Gasteiger partial charge in [0.25, 0.3) is 0 Å². The molecule has 4 rings (SSSR count). The van der Waals surface area contributed by atoms with E-state index in [2.05, 4.69) is 4.72 Å². The molecule has 2 aromatic carbocycles. The van der Waals surface area contributed by atoms with Crippen LogP contribution in [0, 0.1) is 6.92 Å². The first-order chi connectivity index (χ1) is 14.7. The highest BCUT2D eigenvalue weighted by atomic mass is 32.2. The van der Waals surface area contributed by atoms with E-state index in [0.29, 0.717) is 16.9 Å². The molecule has 1 fully saturated rings. The van der Waals surface area contributed by atoms with E-state index in [9.17, 15) is 8.42 Å². The highest BCUT2D eigenvalue weighted by Crippen LogP contribution is 2.46. The maximum absolute atomic E-state index is 13.6. The van der Waals surface area contributed by atoms with E-state index in [-0.39, 0.29) is 17.6 Å². The first-order valence-electron chi connectivity index (χ1n) is 11.2. The van der Waals surface area contributed by atoms with Crippen LogP contribution in [0.25, 0.3) is 0 Å². The van der Waals surface area contributed by atoms with Crippen molar-refractivity contribution < 1.29 is 17.9 Å². The number of benzene rings is 2. The number of para-hydroxylation sites is 1. The Balaban J connectivity index is 1.71. The van der Waals surface area contributed by atoms with Crippen LogP contribution in [0.2, 0.25) is 0 Å². The van der Waals surface area contributed by atoms with Gasteiger partial charge in [-0.25, -0.2) is 13.1 Å². The van der Waals surface area contributed by atoms with Gasteiger partial charge in [0, 0.05) is 12.0 Å². The summed E-state index contributed by atoms with van der Waals surface area (Å²) in [5, 5.41) is 0. The van der Waals surface area contributed by atoms with Gasteiger partial charge in [0.2, 0.25) is 10.0 Å². The number of nitrogens with one attached hydrogen (secondary N) is 1. The third kappa shape index (κ3) is 4.33. The highest BCUT2D eigenvalue weighted by molar-refractivity contribution is 7.89. The molecule has 1 aliphatic heterocycles. The maximum Gasteiger partial charge on any atom is 0.241 e. The van der Waals surface area contributed by atoms with Crippen LogP contribution in [-0.2, 0) is 10.0 Å². The van der Waals surface area contributed by atoms with Gasteiger partial charge in [-0.05, 0) is 67.9 Å². The fraction of sp³-hybridized carbons (Fsp3) is 0.520. The fourth-order valence-electron chi connectivity index (χ4n) is 5.07. The summed E-state index contributed by atoms with van der Waals surface area (Å²) in [7, 11) is -2.11. The maximum atomic E-state index is 13.6. The van der Waals surface area contributed by atoms with E-state index in [1.807, 2.05) is 51.1 Å². The molecular weight excluding hydrogens is 410 g/mol. The summed E-state index contributed by atoms with van der Waals surface area (Å²) in [6.07, 6.45) is 6.06. The zero-order valence-corrected chi connectivity index (χ0v) is 19.7. The van der Waals surface area contributed by atoms with Gasteiger partial charge >= 0.3 is 0 Å². The van der Waals surface area contributed by atoms with Gasteiger partial charge in [-0.15, -0.1) is 0 Å². The smallest absolute Gasteiger partial charge is 0.241 e. The number of rotatable bonds is 5. The molecule has 168 valence electrons. The molecule has 6 heteroatoms. The summed E-state index contributed by atoms with van der Waals surface area (Å²) >= 11 is 0. The number of fused-ring (bicyclic) bond motifs is 1. The van der Waals surface area contributed by atoms with Crippen LogP contribution in [0.5, 0.6) is 11.5 Å². The average molecular weight is 444 g/mol. The van der Waals surface area contributed by atoms with Crippen molar-refractivity contribution in [2.45, 2.75) is 81.8 Å². The Morgan fingerprint density at radius 2 is 1.84 bits per heavy atom. The Labute approximate surface area is 186 Å². The van der Waals surface area contributed by atoms with Crippen molar-refractivity contribution in [3.8, 4) is 11.5 Å². The van der Waals surface area contributed by atoms with Gasteiger partial charge in [-0.1, -0.05) is 38.5 Å². The highest BCUT2D eigenvalue weighted by Gasteiger charge is 2.43. The van der Waals surface area contributed by atoms with Crippen LogP contribution in [0.1, 0.15) is 81.0 Å². The number of aryl methyl sites for hydroxylation is 1. The molecule has 1 spiro atoms. The summed E-state index contributed by atoms with van der Waals surface area (Å²) in [5.74, 6) is 1.68. The second kappa shape index (κ2) is 8.47. The zero-order chi connectivity index (χ0) is 22.2. The third-order valence-electron chi connectivity index (χ3n) is 6.70. The van der Waals surface area contributed by atoms with Crippen LogP contribution >= 0.6 is 0 Å². The Morgan fingerprint density at radius 3 is 2.52 bits per heavy atom. The molecular formula is C25H33NO4S. The molecule has 1 saturated carbocycles. The largest absolute Gasteiger partial charge is 0.496 e. The van der Waals surface area contributed by atoms with Gasteiger partial charge in [-0.2, -0.15) is 0 Å². The standard InChI is InChI=1S/C25H33NO4S/c1-17(2)20-15-24(18(3)14-23(20)29-4)31(27,28)26-21-16-25(12-8-5-9-13-25)30-22-11-7-6-10-19(21)22/h6-7,10-11,14-15,17,21,26H,5,8-9,12-13,16H2,1-4H3/t21-/m1/s1. The third-order valence-corrected chi connectivity index (χ3v) is 8.31. The zero-order valence-electron chi connectivity index (χ0n) is 18.9. The molecule has 2 aromatic rings. The molecule has 0 amide bonds. The molecule has 1 aliphatic carbocycles. The van der Waals surface area contributed by atoms with Crippen molar-refractivity contribution >= 4 is 10.0 Å².